The molecule has 0 aliphatic rings. The maximum atomic E-state index is 12.7. The van der Waals surface area contributed by atoms with Gasteiger partial charge in [0.15, 0.2) is 0 Å². The van der Waals surface area contributed by atoms with Gasteiger partial charge in [0.25, 0.3) is 10.1 Å². The van der Waals surface area contributed by atoms with E-state index in [9.17, 15) is 22.8 Å². The Morgan fingerprint density at radius 3 is 1.76 bits per heavy atom. The first-order valence-corrected chi connectivity index (χ1v) is 10.2. The van der Waals surface area contributed by atoms with Crippen LogP contribution in [0.15, 0.2) is 24.3 Å². The monoisotopic (exact) mass is 462 g/mol. The zero-order valence-electron chi connectivity index (χ0n) is 16.5. The summed E-state index contributed by atoms with van der Waals surface area (Å²) in [6, 6.07) is 0. The minimum atomic E-state index is -4.18. The third-order valence-corrected chi connectivity index (χ3v) is 4.40. The van der Waals surface area contributed by atoms with Crippen molar-refractivity contribution in [3.63, 3.8) is 0 Å². The quantitative estimate of drug-likeness (QED) is 0.106. The molecule has 164 valence electrons. The molecule has 0 aromatic rings. The van der Waals surface area contributed by atoms with Crippen LogP contribution in [0.2, 0.25) is 0 Å². The van der Waals surface area contributed by atoms with Crippen molar-refractivity contribution in [2.24, 2.45) is 5.41 Å². The number of ether oxygens (including phenoxy) is 3. The van der Waals surface area contributed by atoms with Crippen LogP contribution in [0.5, 0.6) is 0 Å². The Labute approximate surface area is 201 Å². The minimum absolute atomic E-state index is 0. The zero-order chi connectivity index (χ0) is 22.0. The standard InChI is InChI=1S/C18H28O9S.Ca.2H/c1-6-8-18(11-26-15(19)13(2)3,12-27-16(20)14(4)5)17(21)25-9-7-10-28(22,23)24;;;/h2,4,6-12H2,1,3,5H3,(H,22,23,24);;;. The fourth-order valence-electron chi connectivity index (χ4n) is 2.10. The number of hydrogen-bond acceptors (Lipinski definition) is 8. The van der Waals surface area contributed by atoms with Crippen LogP contribution in [0.4, 0.5) is 0 Å². The van der Waals surface area contributed by atoms with Crippen LogP contribution in [-0.4, -0.2) is 94.2 Å². The molecule has 29 heavy (non-hydrogen) atoms. The summed E-state index contributed by atoms with van der Waals surface area (Å²) in [6.45, 7) is 10.5. The summed E-state index contributed by atoms with van der Waals surface area (Å²) in [7, 11) is -4.18. The van der Waals surface area contributed by atoms with Gasteiger partial charge in [0, 0.05) is 11.1 Å². The molecule has 0 aliphatic heterocycles. The van der Waals surface area contributed by atoms with Crippen LogP contribution in [0.1, 0.15) is 40.0 Å². The molecule has 0 aromatic heterocycles. The van der Waals surface area contributed by atoms with Gasteiger partial charge in [-0.15, -0.1) is 0 Å². The number of carbonyl (C=O) groups excluding carboxylic acids is 3. The van der Waals surface area contributed by atoms with E-state index in [0.717, 1.165) is 0 Å². The molecule has 0 saturated carbocycles. The molecule has 0 heterocycles. The molecule has 0 saturated heterocycles. The zero-order valence-corrected chi connectivity index (χ0v) is 17.3. The van der Waals surface area contributed by atoms with Crippen molar-refractivity contribution in [1.82, 2.24) is 0 Å². The van der Waals surface area contributed by atoms with Crippen molar-refractivity contribution in [2.45, 2.75) is 40.0 Å². The van der Waals surface area contributed by atoms with Crippen LogP contribution in [0, 0.1) is 5.41 Å². The Hall–Kier alpha value is -0.940. The molecule has 0 aromatic carbocycles. The van der Waals surface area contributed by atoms with E-state index < -0.39 is 52.4 Å². The SMILES string of the molecule is C=C(C)C(=O)OCC(CCC)(COC(=O)C(=C)C)C(=O)OCCCS(=O)(=O)O.[CaH2]. The van der Waals surface area contributed by atoms with Crippen molar-refractivity contribution in [1.29, 1.82) is 0 Å². The van der Waals surface area contributed by atoms with Crippen LogP contribution in [0.3, 0.4) is 0 Å². The average Bonchev–Trinajstić information content (AvgIpc) is 2.59. The Balaban J connectivity index is 0. The topological polar surface area (TPSA) is 133 Å². The van der Waals surface area contributed by atoms with Gasteiger partial charge in [-0.3, -0.25) is 9.35 Å². The molecule has 0 fully saturated rings. The molecular weight excluding hydrogens is 432 g/mol. The number of esters is 3. The summed E-state index contributed by atoms with van der Waals surface area (Å²) in [6.07, 6.45) is 0.538. The number of hydrogen-bond donors (Lipinski definition) is 1. The Kier molecular flexibility index (Phi) is 14.7. The van der Waals surface area contributed by atoms with Crippen LogP contribution < -0.4 is 0 Å². The van der Waals surface area contributed by atoms with E-state index in [1.807, 2.05) is 0 Å². The molecule has 0 radical (unpaired) electrons. The van der Waals surface area contributed by atoms with Crippen LogP contribution >= 0.6 is 0 Å². The van der Waals surface area contributed by atoms with Crippen molar-refractivity contribution in [3.05, 3.63) is 24.3 Å². The van der Waals surface area contributed by atoms with Gasteiger partial charge in [-0.2, -0.15) is 8.42 Å². The van der Waals surface area contributed by atoms with Gasteiger partial charge in [0.2, 0.25) is 0 Å². The second kappa shape index (κ2) is 14.1. The molecule has 0 amide bonds. The van der Waals surface area contributed by atoms with Crippen LogP contribution in [0.25, 0.3) is 0 Å². The van der Waals surface area contributed by atoms with E-state index in [0.29, 0.717) is 6.42 Å². The molecule has 0 aliphatic carbocycles. The number of carbonyl (C=O) groups is 3. The molecule has 0 bridgehead atoms. The first-order chi connectivity index (χ1) is 12.8. The summed E-state index contributed by atoms with van der Waals surface area (Å²) in [5, 5.41) is 0. The maximum absolute atomic E-state index is 12.7. The molecular formula is C18H30CaO9S. The van der Waals surface area contributed by atoms with Crippen molar-refractivity contribution in [2.75, 3.05) is 25.6 Å². The van der Waals surface area contributed by atoms with Gasteiger partial charge in [-0.1, -0.05) is 26.5 Å². The Morgan fingerprint density at radius 1 is 0.966 bits per heavy atom. The summed E-state index contributed by atoms with van der Waals surface area (Å²) < 4.78 is 45.5. The second-order valence-electron chi connectivity index (χ2n) is 6.52. The molecule has 0 spiro atoms. The first kappa shape index (κ1) is 30.3. The fraction of sp³-hybridized carbons (Fsp3) is 0.611. The molecule has 0 rings (SSSR count). The van der Waals surface area contributed by atoms with Gasteiger partial charge in [0.05, 0.1) is 12.4 Å². The summed E-state index contributed by atoms with van der Waals surface area (Å²) in [5.74, 6) is -2.82. The summed E-state index contributed by atoms with van der Waals surface area (Å²) >= 11 is 0. The Morgan fingerprint density at radius 2 is 1.41 bits per heavy atom. The van der Waals surface area contributed by atoms with E-state index in [4.69, 9.17) is 18.8 Å². The predicted molar refractivity (Wildman–Crippen MR) is 109 cm³/mol. The van der Waals surface area contributed by atoms with Gasteiger partial charge < -0.3 is 14.2 Å². The third-order valence-electron chi connectivity index (χ3n) is 3.60. The normalized spacial score (nSPS) is 11.0. The van der Waals surface area contributed by atoms with Crippen molar-refractivity contribution in [3.8, 4) is 0 Å². The molecule has 1 N–H and O–H groups in total. The summed E-state index contributed by atoms with van der Waals surface area (Å²) in [4.78, 5) is 36.2. The first-order valence-electron chi connectivity index (χ1n) is 8.62. The van der Waals surface area contributed by atoms with Crippen LogP contribution in [-0.2, 0) is 38.7 Å². The van der Waals surface area contributed by atoms with Gasteiger partial charge in [-0.05, 0) is 26.7 Å². The number of rotatable bonds is 13. The van der Waals surface area contributed by atoms with E-state index in [1.165, 1.54) is 13.8 Å². The van der Waals surface area contributed by atoms with Crippen molar-refractivity contribution >= 4 is 65.8 Å². The third kappa shape index (κ3) is 12.4. The van der Waals surface area contributed by atoms with E-state index in [-0.39, 0.29) is 68.3 Å². The Bertz CT molecular complexity index is 683. The molecule has 0 unspecified atom stereocenters. The van der Waals surface area contributed by atoms with E-state index >= 15 is 0 Å². The molecule has 9 nitrogen and oxygen atoms in total. The van der Waals surface area contributed by atoms with E-state index in [2.05, 4.69) is 13.2 Å². The fourth-order valence-corrected chi connectivity index (χ4v) is 2.58. The molecule has 11 heteroatoms. The second-order valence-corrected chi connectivity index (χ2v) is 8.09. The van der Waals surface area contributed by atoms with E-state index in [1.54, 1.807) is 6.92 Å². The van der Waals surface area contributed by atoms with Gasteiger partial charge >= 0.3 is 55.6 Å². The molecule has 0 atom stereocenters. The van der Waals surface area contributed by atoms with Gasteiger partial charge in [0.1, 0.15) is 18.6 Å². The average molecular weight is 463 g/mol. The predicted octanol–water partition coefficient (Wildman–Crippen LogP) is 0.916. The van der Waals surface area contributed by atoms with Crippen molar-refractivity contribution < 1.29 is 41.6 Å². The van der Waals surface area contributed by atoms with Gasteiger partial charge in [-0.25, -0.2) is 9.59 Å². The summed E-state index contributed by atoms with van der Waals surface area (Å²) in [5.41, 5.74) is -1.21.